The number of halogens is 3. The van der Waals surface area contributed by atoms with Crippen LogP contribution in [0.1, 0.15) is 31.4 Å². The lowest BCUT2D eigenvalue weighted by Crippen LogP contribution is -2.44. The van der Waals surface area contributed by atoms with Crippen molar-refractivity contribution in [2.75, 3.05) is 18.4 Å². The molecule has 1 aliphatic heterocycles. The van der Waals surface area contributed by atoms with Crippen molar-refractivity contribution < 1.29 is 22.8 Å². The SMILES string of the molecule is O=C(Nc1nc(C(F)(F)F)cs1)C1CCCN(C(=O)C2CC2)C1. The zero-order valence-corrected chi connectivity index (χ0v) is 13.0. The van der Waals surface area contributed by atoms with Crippen molar-refractivity contribution in [2.24, 2.45) is 11.8 Å². The molecule has 3 rings (SSSR count). The molecule has 1 unspecified atom stereocenters. The fraction of sp³-hybridized carbons (Fsp3) is 0.643. The van der Waals surface area contributed by atoms with E-state index in [1.165, 1.54) is 0 Å². The molecule has 0 spiro atoms. The third kappa shape index (κ3) is 3.82. The molecule has 1 atom stereocenters. The first-order valence-corrected chi connectivity index (χ1v) is 8.35. The molecule has 0 bridgehead atoms. The van der Waals surface area contributed by atoms with E-state index in [-0.39, 0.29) is 22.9 Å². The molecule has 1 aliphatic carbocycles. The van der Waals surface area contributed by atoms with Gasteiger partial charge in [0.2, 0.25) is 11.8 Å². The van der Waals surface area contributed by atoms with Crippen molar-refractivity contribution in [1.82, 2.24) is 9.88 Å². The van der Waals surface area contributed by atoms with Crippen molar-refractivity contribution >= 4 is 28.3 Å². The van der Waals surface area contributed by atoms with Crippen LogP contribution in [0.4, 0.5) is 18.3 Å². The molecule has 1 aromatic rings. The highest BCUT2D eigenvalue weighted by atomic mass is 32.1. The number of aromatic nitrogens is 1. The third-order valence-electron chi connectivity index (χ3n) is 4.06. The Morgan fingerprint density at radius 1 is 1.26 bits per heavy atom. The van der Waals surface area contributed by atoms with Crippen LogP contribution in [0.3, 0.4) is 0 Å². The summed E-state index contributed by atoms with van der Waals surface area (Å²) in [5.74, 6) is -0.577. The van der Waals surface area contributed by atoms with Gasteiger partial charge in [0.1, 0.15) is 0 Å². The smallest absolute Gasteiger partial charge is 0.342 e. The quantitative estimate of drug-likeness (QED) is 0.914. The average Bonchev–Trinajstić information content (AvgIpc) is 3.24. The van der Waals surface area contributed by atoms with Crippen molar-refractivity contribution in [1.29, 1.82) is 0 Å². The largest absolute Gasteiger partial charge is 0.434 e. The molecule has 0 aromatic carbocycles. The number of nitrogens with one attached hydrogen (secondary N) is 1. The molecular formula is C14H16F3N3O2S. The Bertz CT molecular complexity index is 613. The molecule has 126 valence electrons. The van der Waals surface area contributed by atoms with Crippen LogP contribution < -0.4 is 5.32 Å². The number of piperidine rings is 1. The van der Waals surface area contributed by atoms with Gasteiger partial charge in [0, 0.05) is 24.4 Å². The van der Waals surface area contributed by atoms with Gasteiger partial charge in [-0.25, -0.2) is 4.98 Å². The van der Waals surface area contributed by atoms with Gasteiger partial charge in [0.25, 0.3) is 0 Å². The number of hydrogen-bond donors (Lipinski definition) is 1. The highest BCUT2D eigenvalue weighted by Gasteiger charge is 2.37. The average molecular weight is 347 g/mol. The molecule has 1 saturated carbocycles. The predicted molar refractivity (Wildman–Crippen MR) is 77.8 cm³/mol. The molecule has 2 amide bonds. The second-order valence-corrected chi connectivity index (χ2v) is 6.78. The molecule has 1 aromatic heterocycles. The lowest BCUT2D eigenvalue weighted by atomic mass is 9.97. The standard InChI is InChI=1S/C14H16F3N3O2S/c15-14(16,17)10-7-23-13(18-10)19-11(21)9-2-1-5-20(6-9)12(22)8-3-4-8/h7-9H,1-6H2,(H,18,19,21). The molecule has 2 aliphatic rings. The molecule has 23 heavy (non-hydrogen) atoms. The van der Waals surface area contributed by atoms with E-state index in [2.05, 4.69) is 10.3 Å². The Morgan fingerprint density at radius 3 is 2.61 bits per heavy atom. The Labute approximate surface area is 134 Å². The van der Waals surface area contributed by atoms with Crippen LogP contribution in [0.15, 0.2) is 5.38 Å². The van der Waals surface area contributed by atoms with Gasteiger partial charge < -0.3 is 10.2 Å². The van der Waals surface area contributed by atoms with Gasteiger partial charge in [-0.15, -0.1) is 11.3 Å². The van der Waals surface area contributed by atoms with Gasteiger partial charge in [-0.3, -0.25) is 9.59 Å². The van der Waals surface area contributed by atoms with Crippen LogP contribution in [0.2, 0.25) is 0 Å². The zero-order valence-electron chi connectivity index (χ0n) is 12.2. The van der Waals surface area contributed by atoms with E-state index < -0.39 is 17.8 Å². The van der Waals surface area contributed by atoms with E-state index in [0.717, 1.165) is 36.0 Å². The van der Waals surface area contributed by atoms with Crippen molar-refractivity contribution in [3.05, 3.63) is 11.1 Å². The fourth-order valence-electron chi connectivity index (χ4n) is 2.65. The number of carbonyl (C=O) groups is 2. The molecular weight excluding hydrogens is 331 g/mol. The molecule has 2 fully saturated rings. The lowest BCUT2D eigenvalue weighted by Gasteiger charge is -2.32. The number of thiazole rings is 1. The highest BCUT2D eigenvalue weighted by molar-refractivity contribution is 7.13. The maximum Gasteiger partial charge on any atom is 0.434 e. The number of nitrogens with zero attached hydrogens (tertiary/aromatic N) is 2. The summed E-state index contributed by atoms with van der Waals surface area (Å²) < 4.78 is 37.5. The van der Waals surface area contributed by atoms with Crippen molar-refractivity contribution in [3.8, 4) is 0 Å². The van der Waals surface area contributed by atoms with E-state index >= 15 is 0 Å². The Balaban J connectivity index is 1.59. The summed E-state index contributed by atoms with van der Waals surface area (Å²) in [6, 6.07) is 0. The number of amides is 2. The number of alkyl halides is 3. The van der Waals surface area contributed by atoms with Crippen LogP contribution in [0.5, 0.6) is 0 Å². The number of anilines is 1. The van der Waals surface area contributed by atoms with Crippen LogP contribution in [-0.4, -0.2) is 34.8 Å². The summed E-state index contributed by atoms with van der Waals surface area (Å²) in [4.78, 5) is 29.4. The maximum absolute atomic E-state index is 12.5. The minimum atomic E-state index is -4.52. The summed E-state index contributed by atoms with van der Waals surface area (Å²) in [5.41, 5.74) is -1.01. The van der Waals surface area contributed by atoms with Gasteiger partial charge in [0.15, 0.2) is 10.8 Å². The molecule has 9 heteroatoms. The molecule has 1 N–H and O–H groups in total. The van der Waals surface area contributed by atoms with Gasteiger partial charge in [-0.2, -0.15) is 13.2 Å². The highest BCUT2D eigenvalue weighted by Crippen LogP contribution is 2.33. The monoisotopic (exact) mass is 347 g/mol. The van der Waals surface area contributed by atoms with Gasteiger partial charge >= 0.3 is 6.18 Å². The topological polar surface area (TPSA) is 62.3 Å². The number of likely N-dealkylation sites (tertiary alicyclic amines) is 1. The molecule has 1 saturated heterocycles. The zero-order chi connectivity index (χ0) is 16.6. The normalized spacial score (nSPS) is 22.0. The Kier molecular flexibility index (Phi) is 4.31. The first-order chi connectivity index (χ1) is 10.8. The first-order valence-electron chi connectivity index (χ1n) is 7.47. The third-order valence-corrected chi connectivity index (χ3v) is 4.81. The molecule has 5 nitrogen and oxygen atoms in total. The summed E-state index contributed by atoms with van der Waals surface area (Å²) in [5, 5.41) is 3.25. The summed E-state index contributed by atoms with van der Waals surface area (Å²) in [7, 11) is 0. The number of carbonyl (C=O) groups excluding carboxylic acids is 2. The maximum atomic E-state index is 12.5. The van der Waals surface area contributed by atoms with Crippen molar-refractivity contribution in [3.63, 3.8) is 0 Å². The van der Waals surface area contributed by atoms with Gasteiger partial charge in [-0.1, -0.05) is 0 Å². The first kappa shape index (κ1) is 16.2. The number of hydrogen-bond acceptors (Lipinski definition) is 4. The lowest BCUT2D eigenvalue weighted by molar-refractivity contribution is -0.141. The minimum Gasteiger partial charge on any atom is -0.342 e. The summed E-state index contributed by atoms with van der Waals surface area (Å²) >= 11 is 0.747. The molecule has 0 radical (unpaired) electrons. The Morgan fingerprint density at radius 2 is 2.00 bits per heavy atom. The second-order valence-electron chi connectivity index (χ2n) is 5.92. The summed E-state index contributed by atoms with van der Waals surface area (Å²) in [6.45, 7) is 0.979. The van der Waals surface area contributed by atoms with E-state index in [4.69, 9.17) is 0 Å². The molecule has 2 heterocycles. The fourth-order valence-corrected chi connectivity index (χ4v) is 3.37. The number of rotatable bonds is 3. The summed E-state index contributed by atoms with van der Waals surface area (Å²) in [6.07, 6.45) is -1.35. The van der Waals surface area contributed by atoms with Crippen LogP contribution in [0, 0.1) is 11.8 Å². The van der Waals surface area contributed by atoms with Gasteiger partial charge in [-0.05, 0) is 25.7 Å². The van der Waals surface area contributed by atoms with Gasteiger partial charge in [0.05, 0.1) is 5.92 Å². The minimum absolute atomic E-state index is 0.0621. The van der Waals surface area contributed by atoms with Crippen LogP contribution in [0.25, 0.3) is 0 Å². The van der Waals surface area contributed by atoms with E-state index in [1.807, 2.05) is 0 Å². The van der Waals surface area contributed by atoms with E-state index in [9.17, 15) is 22.8 Å². The van der Waals surface area contributed by atoms with Crippen molar-refractivity contribution in [2.45, 2.75) is 31.9 Å². The van der Waals surface area contributed by atoms with Crippen LogP contribution >= 0.6 is 11.3 Å². The van der Waals surface area contributed by atoms with E-state index in [1.54, 1.807) is 4.90 Å². The van der Waals surface area contributed by atoms with E-state index in [0.29, 0.717) is 19.5 Å². The van der Waals surface area contributed by atoms with Crippen LogP contribution in [-0.2, 0) is 15.8 Å². The predicted octanol–water partition coefficient (Wildman–Crippen LogP) is 2.75. The second kappa shape index (κ2) is 6.10. The Hall–Kier alpha value is -1.64.